The molecule has 36 heavy (non-hydrogen) atoms. The number of benzene rings is 2. The van der Waals surface area contributed by atoms with Gasteiger partial charge in [0.15, 0.2) is 0 Å². The van der Waals surface area contributed by atoms with Crippen molar-refractivity contribution >= 4 is 15.9 Å². The van der Waals surface area contributed by atoms with E-state index in [2.05, 4.69) is 10.4 Å². The topological polar surface area (TPSA) is 111 Å². The molecule has 0 radical (unpaired) electrons. The molecule has 1 saturated heterocycles. The zero-order chi connectivity index (χ0) is 25.5. The van der Waals surface area contributed by atoms with Gasteiger partial charge < -0.3 is 10.1 Å². The molecule has 0 bridgehead atoms. The number of hydrogen-bond donors (Lipinski definition) is 1. The Labute approximate surface area is 210 Å². The number of amides is 1. The molecule has 10 heteroatoms. The Hall–Kier alpha value is -3.50. The molecule has 0 spiro atoms. The van der Waals surface area contributed by atoms with Crippen molar-refractivity contribution in [2.45, 2.75) is 37.6 Å². The summed E-state index contributed by atoms with van der Waals surface area (Å²) in [5.41, 5.74) is 1.55. The first-order chi connectivity index (χ1) is 17.4. The van der Waals surface area contributed by atoms with E-state index in [-0.39, 0.29) is 29.5 Å². The molecule has 2 heterocycles. The molecule has 0 saturated carbocycles. The summed E-state index contributed by atoms with van der Waals surface area (Å²) in [7, 11) is -3.55. The van der Waals surface area contributed by atoms with Gasteiger partial charge in [-0.05, 0) is 74.4 Å². The van der Waals surface area contributed by atoms with Crippen molar-refractivity contribution < 1.29 is 17.9 Å². The van der Waals surface area contributed by atoms with Crippen molar-refractivity contribution in [3.8, 4) is 17.0 Å². The Morgan fingerprint density at radius 3 is 2.33 bits per heavy atom. The first kappa shape index (κ1) is 25.6. The predicted molar refractivity (Wildman–Crippen MR) is 136 cm³/mol. The quantitative estimate of drug-likeness (QED) is 0.474. The van der Waals surface area contributed by atoms with Gasteiger partial charge in [0.25, 0.3) is 11.5 Å². The molecule has 1 amide bonds. The van der Waals surface area contributed by atoms with Crippen LogP contribution in [0.3, 0.4) is 0 Å². The SMILES string of the molecule is CCOc1ccc(-c2ccc(=O)n(CCNC(=O)c3ccc(S(=O)(=O)N4CCCCC4)cc3)n2)cc1. The van der Waals surface area contributed by atoms with Crippen LogP contribution in [0.1, 0.15) is 36.5 Å². The van der Waals surface area contributed by atoms with Crippen LogP contribution in [0.4, 0.5) is 0 Å². The number of ether oxygens (including phenoxy) is 1. The second kappa shape index (κ2) is 11.5. The molecule has 0 atom stereocenters. The molecule has 9 nitrogen and oxygen atoms in total. The number of nitrogens with one attached hydrogen (secondary N) is 1. The summed E-state index contributed by atoms with van der Waals surface area (Å²) < 4.78 is 33.8. The summed E-state index contributed by atoms with van der Waals surface area (Å²) in [4.78, 5) is 25.0. The van der Waals surface area contributed by atoms with Crippen molar-refractivity contribution in [3.05, 3.63) is 76.6 Å². The average molecular weight is 511 g/mol. The van der Waals surface area contributed by atoms with Gasteiger partial charge in [-0.25, -0.2) is 13.1 Å². The number of hydrogen-bond acceptors (Lipinski definition) is 6. The van der Waals surface area contributed by atoms with Crippen LogP contribution in [0.25, 0.3) is 11.3 Å². The van der Waals surface area contributed by atoms with Crippen LogP contribution in [0, 0.1) is 0 Å². The average Bonchev–Trinajstić information content (AvgIpc) is 2.91. The van der Waals surface area contributed by atoms with Gasteiger partial charge >= 0.3 is 0 Å². The fraction of sp³-hybridized carbons (Fsp3) is 0.346. The number of aromatic nitrogens is 2. The maximum Gasteiger partial charge on any atom is 0.266 e. The van der Waals surface area contributed by atoms with Crippen molar-refractivity contribution in [2.24, 2.45) is 0 Å². The monoisotopic (exact) mass is 510 g/mol. The van der Waals surface area contributed by atoms with Gasteiger partial charge in [0, 0.05) is 36.8 Å². The molecule has 1 N–H and O–H groups in total. The minimum atomic E-state index is -3.55. The highest BCUT2D eigenvalue weighted by atomic mass is 32.2. The highest BCUT2D eigenvalue weighted by Crippen LogP contribution is 2.21. The van der Waals surface area contributed by atoms with Crippen LogP contribution in [0.2, 0.25) is 0 Å². The lowest BCUT2D eigenvalue weighted by Crippen LogP contribution is -2.35. The van der Waals surface area contributed by atoms with Crippen LogP contribution in [0.5, 0.6) is 5.75 Å². The Morgan fingerprint density at radius 2 is 1.67 bits per heavy atom. The molecule has 1 aliphatic rings. The van der Waals surface area contributed by atoms with Crippen LogP contribution >= 0.6 is 0 Å². The van der Waals surface area contributed by atoms with Crippen molar-refractivity contribution in [3.63, 3.8) is 0 Å². The first-order valence-electron chi connectivity index (χ1n) is 12.1. The number of piperidine rings is 1. The summed E-state index contributed by atoms with van der Waals surface area (Å²) >= 11 is 0. The molecule has 1 aliphatic heterocycles. The molecule has 3 aromatic rings. The molecule has 1 fully saturated rings. The summed E-state index contributed by atoms with van der Waals surface area (Å²) in [6.45, 7) is 3.93. The molecular formula is C26H30N4O5S. The Balaban J connectivity index is 1.36. The fourth-order valence-electron chi connectivity index (χ4n) is 4.06. The van der Waals surface area contributed by atoms with Gasteiger partial charge in [0.1, 0.15) is 5.75 Å². The van der Waals surface area contributed by atoms with E-state index >= 15 is 0 Å². The van der Waals surface area contributed by atoms with Gasteiger partial charge in [-0.3, -0.25) is 9.59 Å². The van der Waals surface area contributed by atoms with E-state index in [0.717, 1.165) is 30.6 Å². The van der Waals surface area contributed by atoms with Gasteiger partial charge in [-0.2, -0.15) is 9.40 Å². The highest BCUT2D eigenvalue weighted by molar-refractivity contribution is 7.89. The molecular weight excluding hydrogens is 480 g/mol. The lowest BCUT2D eigenvalue weighted by molar-refractivity contribution is 0.0951. The van der Waals surface area contributed by atoms with Crippen molar-refractivity contribution in [1.29, 1.82) is 0 Å². The van der Waals surface area contributed by atoms with Crippen LogP contribution < -0.4 is 15.6 Å². The molecule has 1 aromatic heterocycles. The van der Waals surface area contributed by atoms with E-state index in [1.165, 1.54) is 39.3 Å². The Kier molecular flexibility index (Phi) is 8.17. The van der Waals surface area contributed by atoms with E-state index in [1.807, 2.05) is 31.2 Å². The van der Waals surface area contributed by atoms with E-state index in [9.17, 15) is 18.0 Å². The van der Waals surface area contributed by atoms with Gasteiger partial charge in [0.2, 0.25) is 10.0 Å². The minimum Gasteiger partial charge on any atom is -0.494 e. The predicted octanol–water partition coefficient (Wildman–Crippen LogP) is 2.91. The number of rotatable bonds is 9. The Morgan fingerprint density at radius 1 is 0.972 bits per heavy atom. The van der Waals surface area contributed by atoms with Crippen LogP contribution in [-0.2, 0) is 16.6 Å². The maximum absolute atomic E-state index is 12.8. The largest absolute Gasteiger partial charge is 0.494 e. The van der Waals surface area contributed by atoms with Gasteiger partial charge in [-0.15, -0.1) is 0 Å². The van der Waals surface area contributed by atoms with Gasteiger partial charge in [-0.1, -0.05) is 6.42 Å². The third-order valence-electron chi connectivity index (χ3n) is 6.01. The number of carbonyl (C=O) groups excluding carboxylic acids is 1. The standard InChI is InChI=1S/C26H30N4O5S/c1-2-35-22-10-6-20(7-11-22)24-14-15-25(31)30(28-24)19-16-27-26(32)21-8-12-23(13-9-21)36(33,34)29-17-4-3-5-18-29/h6-15H,2-5,16-19H2,1H3,(H,27,32). The lowest BCUT2D eigenvalue weighted by Gasteiger charge is -2.25. The maximum atomic E-state index is 12.8. The second-order valence-corrected chi connectivity index (χ2v) is 10.4. The molecule has 0 aliphatic carbocycles. The summed E-state index contributed by atoms with van der Waals surface area (Å²) in [5.74, 6) is 0.405. The zero-order valence-electron chi connectivity index (χ0n) is 20.2. The third kappa shape index (κ3) is 6.00. The normalized spacial score (nSPS) is 14.4. The smallest absolute Gasteiger partial charge is 0.266 e. The minimum absolute atomic E-state index is 0.183. The van der Waals surface area contributed by atoms with Crippen molar-refractivity contribution in [2.75, 3.05) is 26.2 Å². The Bertz CT molecular complexity index is 1350. The zero-order valence-corrected chi connectivity index (χ0v) is 21.0. The molecule has 0 unspecified atom stereocenters. The van der Waals surface area contributed by atoms with E-state index < -0.39 is 10.0 Å². The van der Waals surface area contributed by atoms with Crippen LogP contribution in [0.15, 0.2) is 70.4 Å². The first-order valence-corrected chi connectivity index (χ1v) is 13.5. The van der Waals surface area contributed by atoms with Gasteiger partial charge in [0.05, 0.1) is 23.7 Å². The lowest BCUT2D eigenvalue weighted by atomic mass is 10.1. The third-order valence-corrected chi connectivity index (χ3v) is 7.92. The van der Waals surface area contributed by atoms with E-state index in [0.29, 0.717) is 31.0 Å². The van der Waals surface area contributed by atoms with Crippen molar-refractivity contribution in [1.82, 2.24) is 19.4 Å². The second-order valence-electron chi connectivity index (χ2n) is 8.48. The number of nitrogens with zero attached hydrogens (tertiary/aromatic N) is 3. The molecule has 190 valence electrons. The highest BCUT2D eigenvalue weighted by Gasteiger charge is 2.25. The fourth-order valence-corrected chi connectivity index (χ4v) is 5.58. The van der Waals surface area contributed by atoms with Crippen LogP contribution in [-0.4, -0.2) is 54.7 Å². The molecule has 4 rings (SSSR count). The molecule has 2 aromatic carbocycles. The summed E-state index contributed by atoms with van der Waals surface area (Å²) in [5, 5.41) is 7.17. The van der Waals surface area contributed by atoms with E-state index in [1.54, 1.807) is 6.07 Å². The number of sulfonamides is 1. The number of carbonyl (C=O) groups is 1. The summed E-state index contributed by atoms with van der Waals surface area (Å²) in [6, 6.07) is 16.5. The summed E-state index contributed by atoms with van der Waals surface area (Å²) in [6.07, 6.45) is 2.76. The van der Waals surface area contributed by atoms with E-state index in [4.69, 9.17) is 4.74 Å².